The van der Waals surface area contributed by atoms with Crippen molar-refractivity contribution >= 4 is 5.69 Å². The maximum Gasteiger partial charge on any atom is 0.328 e. The summed E-state index contributed by atoms with van der Waals surface area (Å²) in [4.78, 5) is 24.7. The number of nitrogens with one attached hydrogen (secondary N) is 1. The first-order valence-corrected chi connectivity index (χ1v) is 5.03. The van der Waals surface area contributed by atoms with Crippen molar-refractivity contribution in [3.8, 4) is 6.07 Å². The van der Waals surface area contributed by atoms with Gasteiger partial charge in [-0.15, -0.1) is 0 Å². The number of H-pyrrole nitrogens is 1. The Hall–Kier alpha value is -2.03. The monoisotopic (exact) mass is 220 g/mol. The van der Waals surface area contributed by atoms with E-state index in [1.165, 1.54) is 10.8 Å². The smallest absolute Gasteiger partial charge is 0.328 e. The van der Waals surface area contributed by atoms with Crippen molar-refractivity contribution in [2.24, 2.45) is 5.41 Å². The lowest BCUT2D eigenvalue weighted by Crippen LogP contribution is -2.33. The number of hydrogen-bond acceptors (Lipinski definition) is 4. The predicted octanol–water partition coefficient (Wildman–Crippen LogP) is -0.187. The average molecular weight is 220 g/mol. The molecule has 0 aliphatic heterocycles. The Morgan fingerprint density at radius 2 is 2.25 bits per heavy atom. The van der Waals surface area contributed by atoms with E-state index in [0.717, 1.165) is 12.8 Å². The summed E-state index contributed by atoms with van der Waals surface area (Å²) in [6.45, 7) is 0.445. The van der Waals surface area contributed by atoms with Crippen LogP contribution in [0.4, 0.5) is 5.69 Å². The van der Waals surface area contributed by atoms with Crippen molar-refractivity contribution in [1.29, 1.82) is 5.26 Å². The molecule has 3 N–H and O–H groups in total. The van der Waals surface area contributed by atoms with Crippen LogP contribution >= 0.6 is 0 Å². The molecule has 6 heteroatoms. The second-order valence-corrected chi connectivity index (χ2v) is 4.31. The standard InChI is InChI=1S/C10H12N4O2/c11-4-3-10(1-2-10)6-14-5-7(12)8(15)13-9(14)16/h5H,1-3,6,12H2,(H,13,15,16). The van der Waals surface area contributed by atoms with E-state index in [1.807, 2.05) is 0 Å². The van der Waals surface area contributed by atoms with Crippen LogP contribution in [0.3, 0.4) is 0 Å². The maximum atomic E-state index is 11.5. The summed E-state index contributed by atoms with van der Waals surface area (Å²) in [5.74, 6) is 0. The van der Waals surface area contributed by atoms with Crippen LogP contribution in [0, 0.1) is 16.7 Å². The minimum absolute atomic E-state index is 0.0207. The Morgan fingerprint density at radius 3 is 2.81 bits per heavy atom. The Kier molecular flexibility index (Phi) is 2.31. The van der Waals surface area contributed by atoms with Gasteiger partial charge in [-0.1, -0.05) is 0 Å². The first-order chi connectivity index (χ1) is 7.56. The van der Waals surface area contributed by atoms with Gasteiger partial charge < -0.3 is 5.73 Å². The molecule has 1 saturated carbocycles. The fraction of sp³-hybridized carbons (Fsp3) is 0.500. The zero-order chi connectivity index (χ0) is 11.8. The number of anilines is 1. The topological polar surface area (TPSA) is 105 Å². The van der Waals surface area contributed by atoms with Crippen molar-refractivity contribution in [2.45, 2.75) is 25.8 Å². The van der Waals surface area contributed by atoms with Crippen LogP contribution in [0.2, 0.25) is 0 Å². The molecule has 0 bridgehead atoms. The van der Waals surface area contributed by atoms with E-state index >= 15 is 0 Å². The second-order valence-electron chi connectivity index (χ2n) is 4.31. The molecular formula is C10H12N4O2. The first kappa shape index (κ1) is 10.5. The minimum atomic E-state index is -0.564. The molecule has 0 aromatic carbocycles. The number of nitrogens with two attached hydrogens (primary N) is 1. The van der Waals surface area contributed by atoms with E-state index < -0.39 is 11.2 Å². The number of aromatic nitrogens is 2. The number of aromatic amines is 1. The minimum Gasteiger partial charge on any atom is -0.393 e. The van der Waals surface area contributed by atoms with Gasteiger partial charge in [-0.05, 0) is 12.8 Å². The molecule has 1 aromatic heterocycles. The highest BCUT2D eigenvalue weighted by molar-refractivity contribution is 5.30. The third-order valence-corrected chi connectivity index (χ3v) is 2.96. The summed E-state index contributed by atoms with van der Waals surface area (Å²) in [5, 5.41) is 8.67. The van der Waals surface area contributed by atoms with Gasteiger partial charge in [0.1, 0.15) is 5.69 Å². The molecule has 1 aromatic rings. The Labute approximate surface area is 91.3 Å². The van der Waals surface area contributed by atoms with Gasteiger partial charge >= 0.3 is 5.69 Å². The van der Waals surface area contributed by atoms with Gasteiger partial charge in [0.25, 0.3) is 5.56 Å². The van der Waals surface area contributed by atoms with Crippen molar-refractivity contribution in [3.05, 3.63) is 27.0 Å². The lowest BCUT2D eigenvalue weighted by atomic mass is 10.0. The van der Waals surface area contributed by atoms with Gasteiger partial charge in [-0.25, -0.2) is 4.79 Å². The van der Waals surface area contributed by atoms with E-state index in [-0.39, 0.29) is 11.1 Å². The molecule has 0 amide bonds. The van der Waals surface area contributed by atoms with Crippen molar-refractivity contribution in [1.82, 2.24) is 9.55 Å². The summed E-state index contributed by atoms with van der Waals surface area (Å²) in [6.07, 6.45) is 3.65. The third-order valence-electron chi connectivity index (χ3n) is 2.96. The molecule has 16 heavy (non-hydrogen) atoms. The van der Waals surface area contributed by atoms with Crippen molar-refractivity contribution in [3.63, 3.8) is 0 Å². The summed E-state index contributed by atoms with van der Waals surface area (Å²) in [7, 11) is 0. The van der Waals surface area contributed by atoms with Crippen LogP contribution in [0.25, 0.3) is 0 Å². The molecular weight excluding hydrogens is 208 g/mol. The van der Waals surface area contributed by atoms with Crippen LogP contribution in [0.1, 0.15) is 19.3 Å². The number of nitrogens with zero attached hydrogens (tertiary/aromatic N) is 2. The highest BCUT2D eigenvalue weighted by Gasteiger charge is 2.42. The maximum absolute atomic E-state index is 11.5. The summed E-state index contributed by atoms with van der Waals surface area (Å²) >= 11 is 0. The van der Waals surface area contributed by atoms with Gasteiger partial charge in [-0.2, -0.15) is 5.26 Å². The molecule has 84 valence electrons. The lowest BCUT2D eigenvalue weighted by molar-refractivity contribution is 0.419. The normalized spacial score (nSPS) is 16.7. The quantitative estimate of drug-likeness (QED) is 0.736. The van der Waals surface area contributed by atoms with Crippen LogP contribution in [-0.4, -0.2) is 9.55 Å². The Morgan fingerprint density at radius 1 is 1.56 bits per heavy atom. The average Bonchev–Trinajstić information content (AvgIpc) is 2.95. The first-order valence-electron chi connectivity index (χ1n) is 5.03. The number of nitrogen functional groups attached to an aromatic ring is 1. The SMILES string of the molecule is N#CCC1(Cn2cc(N)c(=O)[nH]c2=O)CC1. The fourth-order valence-corrected chi connectivity index (χ4v) is 1.74. The van der Waals surface area contributed by atoms with Gasteiger partial charge in [0, 0.05) is 24.6 Å². The van der Waals surface area contributed by atoms with Crippen molar-refractivity contribution in [2.75, 3.05) is 5.73 Å². The van der Waals surface area contributed by atoms with E-state index in [9.17, 15) is 9.59 Å². The molecule has 1 aliphatic rings. The summed E-state index contributed by atoms with van der Waals surface area (Å²) < 4.78 is 1.38. The number of rotatable bonds is 3. The largest absolute Gasteiger partial charge is 0.393 e. The van der Waals surface area contributed by atoms with E-state index in [4.69, 9.17) is 11.0 Å². The zero-order valence-electron chi connectivity index (χ0n) is 8.69. The molecule has 0 saturated heterocycles. The molecule has 1 fully saturated rings. The zero-order valence-corrected chi connectivity index (χ0v) is 8.69. The van der Waals surface area contributed by atoms with E-state index in [2.05, 4.69) is 11.1 Å². The van der Waals surface area contributed by atoms with Crippen LogP contribution in [0.5, 0.6) is 0 Å². The molecule has 0 spiro atoms. The molecule has 0 atom stereocenters. The molecule has 6 nitrogen and oxygen atoms in total. The van der Waals surface area contributed by atoms with Gasteiger partial charge in [0.15, 0.2) is 0 Å². The van der Waals surface area contributed by atoms with Gasteiger partial charge in [-0.3, -0.25) is 14.3 Å². The predicted molar refractivity (Wildman–Crippen MR) is 57.6 cm³/mol. The second kappa shape index (κ2) is 3.52. The molecule has 1 aliphatic carbocycles. The Balaban J connectivity index is 2.30. The van der Waals surface area contributed by atoms with Gasteiger partial charge in [0.2, 0.25) is 0 Å². The van der Waals surface area contributed by atoms with E-state index in [1.54, 1.807) is 0 Å². The van der Waals surface area contributed by atoms with E-state index in [0.29, 0.717) is 13.0 Å². The third kappa shape index (κ3) is 1.84. The van der Waals surface area contributed by atoms with Gasteiger partial charge in [0.05, 0.1) is 6.07 Å². The molecule has 2 rings (SSSR count). The number of nitriles is 1. The lowest BCUT2D eigenvalue weighted by Gasteiger charge is -2.12. The van der Waals surface area contributed by atoms with Crippen LogP contribution in [0.15, 0.2) is 15.8 Å². The van der Waals surface area contributed by atoms with Crippen molar-refractivity contribution < 1.29 is 0 Å². The number of hydrogen-bond donors (Lipinski definition) is 2. The fourth-order valence-electron chi connectivity index (χ4n) is 1.74. The highest BCUT2D eigenvalue weighted by atomic mass is 16.2. The Bertz CT molecular complexity index is 559. The summed E-state index contributed by atoms with van der Waals surface area (Å²) in [5.41, 5.74) is 4.33. The summed E-state index contributed by atoms with van der Waals surface area (Å²) in [6, 6.07) is 2.12. The molecule has 0 unspecified atom stereocenters. The van der Waals surface area contributed by atoms with Crippen LogP contribution in [-0.2, 0) is 6.54 Å². The van der Waals surface area contributed by atoms with Crippen LogP contribution < -0.4 is 17.0 Å². The highest BCUT2D eigenvalue weighted by Crippen LogP contribution is 2.49. The molecule has 0 radical (unpaired) electrons. The molecule has 1 heterocycles.